The molecule has 8 nitrogen and oxygen atoms in total. The van der Waals surface area contributed by atoms with Crippen molar-refractivity contribution < 1.29 is 17.6 Å². The Bertz CT molecular complexity index is 1010. The SMILES string of the molecule is CC(C)CN(C(=O)CSc1nnc(-c2ccco2)n1C1CCCCC1)[C@H]1CCS(=O)(=O)C1. The molecule has 0 bridgehead atoms. The summed E-state index contributed by atoms with van der Waals surface area (Å²) in [7, 11) is -3.06. The van der Waals surface area contributed by atoms with Crippen molar-refractivity contribution in [3.05, 3.63) is 18.4 Å². The fraction of sp³-hybridized carbons (Fsp3) is 0.682. The van der Waals surface area contributed by atoms with Gasteiger partial charge in [-0.1, -0.05) is 44.9 Å². The molecule has 2 aliphatic rings. The second-order valence-electron chi connectivity index (χ2n) is 9.23. The summed E-state index contributed by atoms with van der Waals surface area (Å²) in [4.78, 5) is 15.0. The molecule has 1 atom stereocenters. The average Bonchev–Trinajstić information content (AvgIpc) is 3.50. The molecule has 0 N–H and O–H groups in total. The highest BCUT2D eigenvalue weighted by Gasteiger charge is 2.35. The maximum atomic E-state index is 13.2. The first-order valence-electron chi connectivity index (χ1n) is 11.5. The second kappa shape index (κ2) is 9.99. The Balaban J connectivity index is 1.52. The minimum atomic E-state index is -3.06. The van der Waals surface area contributed by atoms with E-state index in [1.807, 2.05) is 26.0 Å². The Labute approximate surface area is 194 Å². The minimum Gasteiger partial charge on any atom is -0.461 e. The largest absolute Gasteiger partial charge is 0.461 e. The fourth-order valence-corrected chi connectivity index (χ4v) is 7.32. The predicted molar refractivity (Wildman–Crippen MR) is 124 cm³/mol. The number of thioether (sulfide) groups is 1. The zero-order valence-corrected chi connectivity index (χ0v) is 20.4. The summed E-state index contributed by atoms with van der Waals surface area (Å²) in [6.45, 7) is 4.66. The third-order valence-corrected chi connectivity index (χ3v) is 8.88. The number of sulfone groups is 1. The van der Waals surface area contributed by atoms with Crippen molar-refractivity contribution in [2.24, 2.45) is 5.92 Å². The van der Waals surface area contributed by atoms with Crippen LogP contribution < -0.4 is 0 Å². The lowest BCUT2D eigenvalue weighted by Crippen LogP contribution is -2.44. The lowest BCUT2D eigenvalue weighted by Gasteiger charge is -2.30. The highest BCUT2D eigenvalue weighted by molar-refractivity contribution is 7.99. The smallest absolute Gasteiger partial charge is 0.233 e. The van der Waals surface area contributed by atoms with E-state index in [0.717, 1.165) is 18.0 Å². The lowest BCUT2D eigenvalue weighted by molar-refractivity contribution is -0.130. The Morgan fingerprint density at radius 3 is 2.66 bits per heavy atom. The molecular formula is C22H32N4O4S2. The van der Waals surface area contributed by atoms with Gasteiger partial charge in [-0.05, 0) is 37.3 Å². The normalized spacial score (nSPS) is 21.3. The van der Waals surface area contributed by atoms with Gasteiger partial charge in [-0.15, -0.1) is 10.2 Å². The Morgan fingerprint density at radius 2 is 2.03 bits per heavy atom. The monoisotopic (exact) mass is 480 g/mol. The zero-order chi connectivity index (χ0) is 22.7. The predicted octanol–water partition coefficient (Wildman–Crippen LogP) is 3.81. The Kier molecular flexibility index (Phi) is 7.29. The molecule has 1 amide bonds. The van der Waals surface area contributed by atoms with Crippen LogP contribution in [0.5, 0.6) is 0 Å². The first-order chi connectivity index (χ1) is 15.3. The van der Waals surface area contributed by atoms with Crippen LogP contribution in [0.15, 0.2) is 28.0 Å². The van der Waals surface area contributed by atoms with Gasteiger partial charge in [0.15, 0.2) is 20.8 Å². The quantitative estimate of drug-likeness (QED) is 0.530. The molecule has 176 valence electrons. The van der Waals surface area contributed by atoms with E-state index in [1.54, 1.807) is 11.2 Å². The summed E-state index contributed by atoms with van der Waals surface area (Å²) < 4.78 is 31.7. The molecule has 0 radical (unpaired) electrons. The van der Waals surface area contributed by atoms with E-state index in [0.29, 0.717) is 30.6 Å². The van der Waals surface area contributed by atoms with Gasteiger partial charge in [0.25, 0.3) is 0 Å². The molecule has 0 spiro atoms. The maximum Gasteiger partial charge on any atom is 0.233 e. The number of hydrogen-bond acceptors (Lipinski definition) is 7. The van der Waals surface area contributed by atoms with Crippen molar-refractivity contribution >= 4 is 27.5 Å². The third-order valence-electron chi connectivity index (χ3n) is 6.20. The number of amides is 1. The van der Waals surface area contributed by atoms with Crippen molar-refractivity contribution in [1.82, 2.24) is 19.7 Å². The van der Waals surface area contributed by atoms with Crippen LogP contribution >= 0.6 is 11.8 Å². The van der Waals surface area contributed by atoms with Crippen LogP contribution in [0.1, 0.15) is 58.4 Å². The molecule has 1 saturated carbocycles. The number of carbonyl (C=O) groups excluding carboxylic acids is 1. The van der Waals surface area contributed by atoms with Gasteiger partial charge >= 0.3 is 0 Å². The molecule has 32 heavy (non-hydrogen) atoms. The molecule has 10 heteroatoms. The zero-order valence-electron chi connectivity index (χ0n) is 18.8. The van der Waals surface area contributed by atoms with E-state index in [4.69, 9.17) is 4.42 Å². The molecule has 2 aromatic rings. The molecule has 2 aromatic heterocycles. The molecule has 1 aliphatic carbocycles. The molecule has 4 rings (SSSR count). The van der Waals surface area contributed by atoms with Crippen molar-refractivity contribution in [3.63, 3.8) is 0 Å². The maximum absolute atomic E-state index is 13.2. The molecule has 0 unspecified atom stereocenters. The number of hydrogen-bond donors (Lipinski definition) is 0. The Morgan fingerprint density at radius 1 is 1.25 bits per heavy atom. The van der Waals surface area contributed by atoms with Crippen LogP contribution in [0.3, 0.4) is 0 Å². The van der Waals surface area contributed by atoms with E-state index in [1.165, 1.54) is 31.0 Å². The van der Waals surface area contributed by atoms with Crippen LogP contribution in [0.25, 0.3) is 11.6 Å². The third kappa shape index (κ3) is 5.39. The van der Waals surface area contributed by atoms with E-state index < -0.39 is 9.84 Å². The topological polar surface area (TPSA) is 98.3 Å². The molecule has 0 aromatic carbocycles. The first-order valence-corrected chi connectivity index (χ1v) is 14.3. The van der Waals surface area contributed by atoms with Crippen LogP contribution in [0.4, 0.5) is 0 Å². The van der Waals surface area contributed by atoms with Gasteiger partial charge in [0.2, 0.25) is 11.7 Å². The first kappa shape index (κ1) is 23.4. The van der Waals surface area contributed by atoms with E-state index >= 15 is 0 Å². The second-order valence-corrected chi connectivity index (χ2v) is 12.4. The molecule has 1 saturated heterocycles. The van der Waals surface area contributed by atoms with Gasteiger partial charge in [0.05, 0.1) is 23.5 Å². The summed E-state index contributed by atoms with van der Waals surface area (Å²) in [6.07, 6.45) is 7.85. The van der Waals surface area contributed by atoms with Crippen molar-refractivity contribution in [1.29, 1.82) is 0 Å². The summed E-state index contributed by atoms with van der Waals surface area (Å²) in [5.74, 6) is 2.06. The minimum absolute atomic E-state index is 0.0384. The highest BCUT2D eigenvalue weighted by atomic mass is 32.2. The summed E-state index contributed by atoms with van der Waals surface area (Å²) in [6, 6.07) is 3.78. The van der Waals surface area contributed by atoms with Gasteiger partial charge in [0.1, 0.15) is 0 Å². The van der Waals surface area contributed by atoms with E-state index in [2.05, 4.69) is 14.8 Å². The summed E-state index contributed by atoms with van der Waals surface area (Å²) in [5.41, 5.74) is 0. The van der Waals surface area contributed by atoms with Crippen molar-refractivity contribution in [3.8, 4) is 11.6 Å². The van der Waals surface area contributed by atoms with Crippen LogP contribution in [0.2, 0.25) is 0 Å². The number of rotatable bonds is 8. The van der Waals surface area contributed by atoms with Gasteiger partial charge in [-0.2, -0.15) is 0 Å². The number of aromatic nitrogens is 3. The lowest BCUT2D eigenvalue weighted by atomic mass is 9.95. The van der Waals surface area contributed by atoms with Gasteiger partial charge < -0.3 is 9.32 Å². The van der Waals surface area contributed by atoms with Crippen molar-refractivity contribution in [2.45, 2.75) is 69.6 Å². The van der Waals surface area contributed by atoms with Gasteiger partial charge in [0, 0.05) is 18.6 Å². The van der Waals surface area contributed by atoms with Crippen LogP contribution in [-0.2, 0) is 14.6 Å². The van der Waals surface area contributed by atoms with Crippen LogP contribution in [-0.4, -0.2) is 63.8 Å². The Hall–Kier alpha value is -1.81. The van der Waals surface area contributed by atoms with Gasteiger partial charge in [-0.3, -0.25) is 9.36 Å². The molecular weight excluding hydrogens is 448 g/mol. The summed E-state index contributed by atoms with van der Waals surface area (Å²) in [5, 5.41) is 9.53. The van der Waals surface area contributed by atoms with Crippen LogP contribution in [0, 0.1) is 5.92 Å². The van der Waals surface area contributed by atoms with E-state index in [-0.39, 0.29) is 35.1 Å². The van der Waals surface area contributed by atoms with Crippen molar-refractivity contribution in [2.75, 3.05) is 23.8 Å². The molecule has 2 fully saturated rings. The number of carbonyl (C=O) groups is 1. The van der Waals surface area contributed by atoms with E-state index in [9.17, 15) is 13.2 Å². The number of furan rings is 1. The number of nitrogens with zero attached hydrogens (tertiary/aromatic N) is 4. The molecule has 1 aliphatic heterocycles. The summed E-state index contributed by atoms with van der Waals surface area (Å²) >= 11 is 1.39. The standard InChI is InChI=1S/C22H32N4O4S2/c1-16(2)13-25(18-10-12-32(28,29)15-18)20(27)14-31-22-24-23-21(19-9-6-11-30-19)26(22)17-7-4-3-5-8-17/h6,9,11,16-18H,3-5,7-8,10,12-15H2,1-2H3/t18-/m0/s1. The highest BCUT2D eigenvalue weighted by Crippen LogP contribution is 2.36. The average molecular weight is 481 g/mol. The fourth-order valence-electron chi connectivity index (χ4n) is 4.70. The van der Waals surface area contributed by atoms with Gasteiger partial charge in [-0.25, -0.2) is 8.42 Å². The molecule has 3 heterocycles.